The summed E-state index contributed by atoms with van der Waals surface area (Å²) in [5, 5.41) is 0. The molecule has 0 aromatic heterocycles. The molecule has 0 aliphatic rings. The predicted molar refractivity (Wildman–Crippen MR) is 141 cm³/mol. The van der Waals surface area contributed by atoms with Gasteiger partial charge in [-0.25, -0.2) is 26.3 Å². The number of rotatable bonds is 9. The molecule has 9 heteroatoms. The molecule has 4 aromatic carbocycles. The van der Waals surface area contributed by atoms with Crippen molar-refractivity contribution in [3.63, 3.8) is 0 Å². The van der Waals surface area contributed by atoms with Crippen LogP contribution in [0.25, 0.3) is 28.1 Å². The van der Waals surface area contributed by atoms with Crippen molar-refractivity contribution < 1.29 is 39.9 Å². The van der Waals surface area contributed by atoms with Gasteiger partial charge in [-0.2, -0.15) is 8.78 Å². The molecule has 0 amide bonds. The van der Waals surface area contributed by atoms with Crippen molar-refractivity contribution in [2.24, 2.45) is 0 Å². The predicted octanol–water partition coefficient (Wildman–Crippen LogP) is 10.7. The molecule has 4 aromatic rings. The van der Waals surface area contributed by atoms with E-state index in [-0.39, 0.29) is 23.1 Å². The topological polar surface area (TPSA) is 9.23 Å². The van der Waals surface area contributed by atoms with Crippen LogP contribution in [0.15, 0.2) is 96.8 Å². The molecule has 0 spiro atoms. The van der Waals surface area contributed by atoms with Gasteiger partial charge in [-0.15, -0.1) is 0 Å². The molecule has 41 heavy (non-hydrogen) atoms. The van der Waals surface area contributed by atoms with Crippen molar-refractivity contribution in [3.8, 4) is 28.0 Å². The zero-order valence-corrected chi connectivity index (χ0v) is 21.5. The summed E-state index contributed by atoms with van der Waals surface area (Å²) >= 11 is 0. The van der Waals surface area contributed by atoms with Gasteiger partial charge in [0.15, 0.2) is 23.3 Å². The summed E-state index contributed by atoms with van der Waals surface area (Å²) in [6.45, 7) is 1.79. The van der Waals surface area contributed by atoms with Crippen molar-refractivity contribution >= 4 is 5.83 Å². The van der Waals surface area contributed by atoms with Crippen molar-refractivity contribution in [1.82, 2.24) is 0 Å². The summed E-state index contributed by atoms with van der Waals surface area (Å²) in [6, 6.07) is 15.0. The molecule has 0 atom stereocenters. The highest BCUT2D eigenvalue weighted by Crippen LogP contribution is 2.35. The largest absolute Gasteiger partial charge is 0.429 e. The van der Waals surface area contributed by atoms with Crippen LogP contribution in [-0.4, -0.2) is 0 Å². The lowest BCUT2D eigenvalue weighted by molar-refractivity contribution is -0.185. The molecule has 212 valence electrons. The van der Waals surface area contributed by atoms with Gasteiger partial charge < -0.3 is 4.74 Å². The van der Waals surface area contributed by atoms with Gasteiger partial charge in [0.2, 0.25) is 0 Å². The van der Waals surface area contributed by atoms with E-state index in [2.05, 4.69) is 4.74 Å². The molecule has 0 bridgehead atoms. The molecule has 0 aliphatic carbocycles. The van der Waals surface area contributed by atoms with Gasteiger partial charge >= 0.3 is 6.11 Å². The lowest BCUT2D eigenvalue weighted by Gasteiger charge is -2.19. The smallest absolute Gasteiger partial charge is 0.426 e. The van der Waals surface area contributed by atoms with E-state index in [0.717, 1.165) is 12.1 Å². The highest BCUT2D eigenvalue weighted by atomic mass is 19.3. The van der Waals surface area contributed by atoms with Crippen molar-refractivity contribution in [2.75, 3.05) is 0 Å². The number of alkyl halides is 2. The van der Waals surface area contributed by atoms with E-state index in [9.17, 15) is 30.7 Å². The molecule has 0 heterocycles. The first-order valence-corrected chi connectivity index (χ1v) is 12.4. The van der Waals surface area contributed by atoms with E-state index >= 15 is 4.39 Å². The first kappa shape index (κ1) is 29.6. The molecule has 0 unspecified atom stereocenters. The standard InChI is InChI=1S/C32H22F8O/c1-2-3-4-5-26(33)30(37)21-8-6-19(7-9-21)22-12-15-25(27(34)16-22)20-10-13-23(14-11-20)32(39,40)41-24-17-28(35)31(38)29(36)18-24/h2-3,6-18H,4-5H2,1H3. The SMILES string of the molecule is CC=CCCC(F)=C(F)c1ccc(-c2ccc(-c3ccc(C(F)(F)Oc4cc(F)c(F)c(F)c4)cc3)c(F)c2)cc1. The summed E-state index contributed by atoms with van der Waals surface area (Å²) in [7, 11) is 0. The average molecular weight is 575 g/mol. The van der Waals surface area contributed by atoms with Crippen LogP contribution in [0.3, 0.4) is 0 Å². The fourth-order valence-corrected chi connectivity index (χ4v) is 4.02. The molecule has 0 saturated carbocycles. The summed E-state index contributed by atoms with van der Waals surface area (Å²) in [4.78, 5) is 0. The van der Waals surface area contributed by atoms with E-state index in [1.165, 1.54) is 48.5 Å². The maximum Gasteiger partial charge on any atom is 0.426 e. The van der Waals surface area contributed by atoms with E-state index in [1.54, 1.807) is 25.1 Å². The van der Waals surface area contributed by atoms with Crippen LogP contribution in [0.2, 0.25) is 0 Å². The second kappa shape index (κ2) is 12.4. The third-order valence-electron chi connectivity index (χ3n) is 6.18. The van der Waals surface area contributed by atoms with Crippen LogP contribution in [0, 0.1) is 23.3 Å². The minimum absolute atomic E-state index is 0.0550. The first-order valence-electron chi connectivity index (χ1n) is 12.4. The summed E-state index contributed by atoms with van der Waals surface area (Å²) in [5.41, 5.74) is 0.708. The number of ether oxygens (including phenoxy) is 1. The molecule has 0 radical (unpaired) electrons. The molecule has 0 N–H and O–H groups in total. The Hall–Kier alpha value is -4.40. The molecule has 0 aliphatic heterocycles. The van der Waals surface area contributed by atoms with Crippen LogP contribution < -0.4 is 4.74 Å². The van der Waals surface area contributed by atoms with E-state index in [1.807, 2.05) is 0 Å². The summed E-state index contributed by atoms with van der Waals surface area (Å²) in [6.07, 6.45) is -0.247. The lowest BCUT2D eigenvalue weighted by Crippen LogP contribution is -2.22. The third-order valence-corrected chi connectivity index (χ3v) is 6.18. The zero-order chi connectivity index (χ0) is 29.7. The van der Waals surface area contributed by atoms with Crippen LogP contribution >= 0.6 is 0 Å². The van der Waals surface area contributed by atoms with Gasteiger partial charge in [0, 0.05) is 29.7 Å². The number of benzene rings is 4. The lowest BCUT2D eigenvalue weighted by atomic mass is 9.98. The van der Waals surface area contributed by atoms with Gasteiger partial charge in [0.05, 0.1) is 5.56 Å². The molecule has 1 nitrogen and oxygen atoms in total. The second-order valence-electron chi connectivity index (χ2n) is 9.00. The van der Waals surface area contributed by atoms with Crippen molar-refractivity contribution in [1.29, 1.82) is 0 Å². The highest BCUT2D eigenvalue weighted by Gasteiger charge is 2.35. The number of halogens is 8. The fourth-order valence-electron chi connectivity index (χ4n) is 4.02. The molecular formula is C32H22F8O. The van der Waals surface area contributed by atoms with E-state index in [4.69, 9.17) is 0 Å². The summed E-state index contributed by atoms with van der Waals surface area (Å²) in [5.74, 6) is -8.59. The van der Waals surface area contributed by atoms with E-state index in [0.29, 0.717) is 29.7 Å². The number of hydrogen-bond acceptors (Lipinski definition) is 1. The van der Waals surface area contributed by atoms with Gasteiger partial charge in [0.25, 0.3) is 0 Å². The minimum atomic E-state index is -4.03. The normalized spacial score (nSPS) is 12.5. The second-order valence-corrected chi connectivity index (χ2v) is 9.00. The van der Waals surface area contributed by atoms with Gasteiger partial charge in [-0.05, 0) is 48.2 Å². The molecule has 0 fully saturated rings. The Morgan fingerprint density at radius 1 is 0.732 bits per heavy atom. The number of hydrogen-bond donors (Lipinski definition) is 0. The fraction of sp³-hybridized carbons (Fsp3) is 0.125. The molecule has 0 saturated heterocycles. The zero-order valence-electron chi connectivity index (χ0n) is 21.5. The number of allylic oxidation sites excluding steroid dienone is 3. The Labute approximate surface area is 231 Å². The Kier molecular flexibility index (Phi) is 8.95. The monoisotopic (exact) mass is 574 g/mol. The van der Waals surface area contributed by atoms with E-state index < -0.39 is 52.3 Å². The van der Waals surface area contributed by atoms with Crippen molar-refractivity contribution in [2.45, 2.75) is 25.9 Å². The van der Waals surface area contributed by atoms with Crippen LogP contribution in [0.4, 0.5) is 35.1 Å². The van der Waals surface area contributed by atoms with Gasteiger partial charge in [0.1, 0.15) is 17.4 Å². The Bertz CT molecular complexity index is 1570. The maximum absolute atomic E-state index is 15.0. The Morgan fingerprint density at radius 2 is 1.32 bits per heavy atom. The maximum atomic E-state index is 15.0. The Morgan fingerprint density at radius 3 is 1.90 bits per heavy atom. The molecular weight excluding hydrogens is 552 g/mol. The van der Waals surface area contributed by atoms with Crippen molar-refractivity contribution in [3.05, 3.63) is 131 Å². The third kappa shape index (κ3) is 6.85. The quantitative estimate of drug-likeness (QED) is 0.110. The first-order chi connectivity index (χ1) is 19.5. The minimum Gasteiger partial charge on any atom is -0.429 e. The Balaban J connectivity index is 1.50. The highest BCUT2D eigenvalue weighted by molar-refractivity contribution is 5.73. The van der Waals surface area contributed by atoms with Gasteiger partial charge in [-0.3, -0.25) is 0 Å². The molecule has 4 rings (SSSR count). The summed E-state index contributed by atoms with van der Waals surface area (Å²) < 4.78 is 117. The average Bonchev–Trinajstić information content (AvgIpc) is 2.95. The van der Waals surface area contributed by atoms with Crippen LogP contribution in [0.1, 0.15) is 30.9 Å². The van der Waals surface area contributed by atoms with Crippen LogP contribution in [-0.2, 0) is 6.11 Å². The van der Waals surface area contributed by atoms with Crippen LogP contribution in [0.5, 0.6) is 5.75 Å². The van der Waals surface area contributed by atoms with Gasteiger partial charge in [-0.1, -0.05) is 60.7 Å².